The van der Waals surface area contributed by atoms with E-state index in [4.69, 9.17) is 5.73 Å². The molecule has 7 heteroatoms. The summed E-state index contributed by atoms with van der Waals surface area (Å²) < 4.78 is 1.37. The molecule has 20 heavy (non-hydrogen) atoms. The van der Waals surface area contributed by atoms with Gasteiger partial charge in [-0.1, -0.05) is 20.3 Å². The van der Waals surface area contributed by atoms with Crippen LogP contribution < -0.4 is 21.9 Å². The van der Waals surface area contributed by atoms with E-state index in [9.17, 15) is 14.7 Å². The molecule has 1 heterocycles. The molecule has 0 aliphatic heterocycles. The van der Waals surface area contributed by atoms with Crippen LogP contribution in [0.5, 0.6) is 0 Å². The molecule has 0 radical (unpaired) electrons. The van der Waals surface area contributed by atoms with Crippen molar-refractivity contribution in [3.63, 3.8) is 0 Å². The molecule has 114 valence electrons. The first-order chi connectivity index (χ1) is 9.42. The third-order valence-electron chi connectivity index (χ3n) is 3.29. The second-order valence-corrected chi connectivity index (χ2v) is 4.94. The normalized spacial score (nSPS) is 12.4. The predicted molar refractivity (Wildman–Crippen MR) is 80.2 cm³/mol. The summed E-state index contributed by atoms with van der Waals surface area (Å²) in [7, 11) is 1.68. The standard InChI is InChI=1S/C13H24N4O3/c1-4-6-7-17-11(14)10(12(19)15-13(17)20)16(3)8-9(18)5-2/h9,18H,4-8,14H2,1-3H3,(H,15,19,20). The lowest BCUT2D eigenvalue weighted by atomic mass is 10.2. The molecule has 0 fully saturated rings. The zero-order valence-electron chi connectivity index (χ0n) is 12.3. The highest BCUT2D eigenvalue weighted by molar-refractivity contribution is 5.62. The topological polar surface area (TPSA) is 104 Å². The molecule has 1 atom stereocenters. The Hall–Kier alpha value is -1.76. The minimum atomic E-state index is -0.546. The van der Waals surface area contributed by atoms with Crippen molar-refractivity contribution in [3.8, 4) is 0 Å². The van der Waals surface area contributed by atoms with Crippen LogP contribution in [0.15, 0.2) is 9.59 Å². The highest BCUT2D eigenvalue weighted by Gasteiger charge is 2.17. The smallest absolute Gasteiger partial charge is 0.330 e. The van der Waals surface area contributed by atoms with Crippen LogP contribution in [-0.4, -0.2) is 34.4 Å². The molecule has 0 aliphatic carbocycles. The molecule has 1 aromatic rings. The summed E-state index contributed by atoms with van der Waals surface area (Å²) in [6.07, 6.45) is 1.76. The van der Waals surface area contributed by atoms with Gasteiger partial charge in [0.1, 0.15) is 11.5 Å². The van der Waals surface area contributed by atoms with E-state index in [2.05, 4.69) is 4.98 Å². The summed E-state index contributed by atoms with van der Waals surface area (Å²) >= 11 is 0. The maximum atomic E-state index is 11.9. The summed E-state index contributed by atoms with van der Waals surface area (Å²) in [6, 6.07) is 0. The summed E-state index contributed by atoms with van der Waals surface area (Å²) in [5, 5.41) is 9.67. The lowest BCUT2D eigenvalue weighted by molar-refractivity contribution is 0.177. The Morgan fingerprint density at radius 2 is 2.05 bits per heavy atom. The van der Waals surface area contributed by atoms with Gasteiger partial charge in [0.25, 0.3) is 5.56 Å². The maximum Gasteiger partial charge on any atom is 0.330 e. The fraction of sp³-hybridized carbons (Fsp3) is 0.692. The van der Waals surface area contributed by atoms with E-state index in [1.165, 1.54) is 4.57 Å². The van der Waals surface area contributed by atoms with Gasteiger partial charge in [-0.25, -0.2) is 4.79 Å². The highest BCUT2D eigenvalue weighted by Crippen LogP contribution is 2.16. The maximum absolute atomic E-state index is 11.9. The van der Waals surface area contributed by atoms with Gasteiger partial charge in [-0.3, -0.25) is 14.3 Å². The first-order valence-corrected chi connectivity index (χ1v) is 6.94. The Bertz CT molecular complexity index is 550. The fourth-order valence-electron chi connectivity index (χ4n) is 2.02. The van der Waals surface area contributed by atoms with Crippen LogP contribution in [0.25, 0.3) is 0 Å². The van der Waals surface area contributed by atoms with Gasteiger partial charge < -0.3 is 15.7 Å². The van der Waals surface area contributed by atoms with E-state index < -0.39 is 17.4 Å². The number of hydrogen-bond donors (Lipinski definition) is 3. The minimum absolute atomic E-state index is 0.151. The molecule has 0 saturated carbocycles. The number of aliphatic hydroxyl groups is 1. The van der Waals surface area contributed by atoms with Crippen molar-refractivity contribution < 1.29 is 5.11 Å². The van der Waals surface area contributed by atoms with Gasteiger partial charge in [0.2, 0.25) is 0 Å². The van der Waals surface area contributed by atoms with Crippen molar-refractivity contribution in [2.75, 3.05) is 24.2 Å². The predicted octanol–water partition coefficient (Wildman–Crippen LogP) is 0.126. The molecule has 4 N–H and O–H groups in total. The van der Waals surface area contributed by atoms with E-state index in [0.29, 0.717) is 13.0 Å². The van der Waals surface area contributed by atoms with Crippen LogP contribution in [0.4, 0.5) is 11.5 Å². The van der Waals surface area contributed by atoms with Crippen molar-refractivity contribution in [3.05, 3.63) is 20.8 Å². The molecule has 1 rings (SSSR count). The fourth-order valence-corrected chi connectivity index (χ4v) is 2.02. The van der Waals surface area contributed by atoms with E-state index in [1.54, 1.807) is 11.9 Å². The summed E-state index contributed by atoms with van der Waals surface area (Å²) in [5.41, 5.74) is 5.18. The van der Waals surface area contributed by atoms with Crippen LogP contribution in [0.1, 0.15) is 33.1 Å². The van der Waals surface area contributed by atoms with Gasteiger partial charge >= 0.3 is 5.69 Å². The number of rotatable bonds is 7. The molecule has 7 nitrogen and oxygen atoms in total. The number of nitrogens with two attached hydrogens (primary N) is 1. The van der Waals surface area contributed by atoms with Crippen LogP contribution >= 0.6 is 0 Å². The molecule has 0 aromatic carbocycles. The molecule has 0 amide bonds. The van der Waals surface area contributed by atoms with Gasteiger partial charge in [-0.2, -0.15) is 0 Å². The van der Waals surface area contributed by atoms with E-state index in [0.717, 1.165) is 12.8 Å². The Labute approximate surface area is 118 Å². The Balaban J connectivity index is 3.19. The zero-order chi connectivity index (χ0) is 15.3. The molecule has 0 saturated heterocycles. The van der Waals surface area contributed by atoms with Crippen molar-refractivity contribution >= 4 is 11.5 Å². The van der Waals surface area contributed by atoms with Crippen molar-refractivity contribution in [2.24, 2.45) is 0 Å². The highest BCUT2D eigenvalue weighted by atomic mass is 16.3. The number of hydrogen-bond acceptors (Lipinski definition) is 5. The summed E-state index contributed by atoms with van der Waals surface area (Å²) in [6.45, 7) is 4.62. The van der Waals surface area contributed by atoms with E-state index in [1.807, 2.05) is 13.8 Å². The number of nitrogens with zero attached hydrogens (tertiary/aromatic N) is 2. The quantitative estimate of drug-likeness (QED) is 0.660. The Morgan fingerprint density at radius 1 is 1.40 bits per heavy atom. The number of nitrogens with one attached hydrogen (secondary N) is 1. The molecule has 1 unspecified atom stereocenters. The SMILES string of the molecule is CCCCn1c(N)c(N(C)CC(O)CC)c(=O)[nH]c1=O. The van der Waals surface area contributed by atoms with Gasteiger partial charge in [-0.05, 0) is 12.8 Å². The summed E-state index contributed by atoms with van der Waals surface area (Å²) in [5.74, 6) is 0.151. The van der Waals surface area contributed by atoms with Crippen molar-refractivity contribution in [2.45, 2.75) is 45.8 Å². The number of nitrogen functional groups attached to an aromatic ring is 1. The number of H-pyrrole nitrogens is 1. The molecule has 1 aromatic heterocycles. The number of likely N-dealkylation sites (N-methyl/N-ethyl adjacent to an activating group) is 1. The van der Waals surface area contributed by atoms with E-state index >= 15 is 0 Å². The molecular weight excluding hydrogens is 260 g/mol. The first kappa shape index (κ1) is 16.3. The molecule has 0 bridgehead atoms. The Kier molecular flexibility index (Phi) is 5.82. The number of aliphatic hydroxyl groups excluding tert-OH is 1. The number of unbranched alkanes of at least 4 members (excludes halogenated alkanes) is 1. The lowest BCUT2D eigenvalue weighted by Crippen LogP contribution is -2.39. The van der Waals surface area contributed by atoms with Crippen LogP contribution in [0.3, 0.4) is 0 Å². The van der Waals surface area contributed by atoms with Crippen molar-refractivity contribution in [1.29, 1.82) is 0 Å². The van der Waals surface area contributed by atoms with E-state index in [-0.39, 0.29) is 18.1 Å². The van der Waals surface area contributed by atoms with Gasteiger partial charge in [0, 0.05) is 20.1 Å². The lowest BCUT2D eigenvalue weighted by Gasteiger charge is -2.23. The Morgan fingerprint density at radius 3 is 2.60 bits per heavy atom. The van der Waals surface area contributed by atoms with Crippen LogP contribution in [-0.2, 0) is 6.54 Å². The first-order valence-electron chi connectivity index (χ1n) is 6.94. The largest absolute Gasteiger partial charge is 0.391 e. The third-order valence-corrected chi connectivity index (χ3v) is 3.29. The van der Waals surface area contributed by atoms with Gasteiger partial charge in [0.15, 0.2) is 0 Å². The number of aromatic nitrogens is 2. The molecule has 0 aliphatic rings. The number of aromatic amines is 1. The molecule has 0 spiro atoms. The zero-order valence-corrected chi connectivity index (χ0v) is 12.3. The van der Waals surface area contributed by atoms with Crippen LogP contribution in [0.2, 0.25) is 0 Å². The van der Waals surface area contributed by atoms with Gasteiger partial charge in [0.05, 0.1) is 6.10 Å². The second kappa shape index (κ2) is 7.14. The van der Waals surface area contributed by atoms with Crippen molar-refractivity contribution in [1.82, 2.24) is 9.55 Å². The average molecular weight is 284 g/mol. The monoisotopic (exact) mass is 284 g/mol. The van der Waals surface area contributed by atoms with Gasteiger partial charge in [-0.15, -0.1) is 0 Å². The average Bonchev–Trinajstić information content (AvgIpc) is 2.37. The molecular formula is C13H24N4O3. The van der Waals surface area contributed by atoms with Crippen LogP contribution in [0, 0.1) is 0 Å². The third kappa shape index (κ3) is 3.63. The number of anilines is 2. The minimum Gasteiger partial charge on any atom is -0.391 e. The summed E-state index contributed by atoms with van der Waals surface area (Å²) in [4.78, 5) is 27.6. The second-order valence-electron chi connectivity index (χ2n) is 4.94.